The van der Waals surface area contributed by atoms with E-state index in [1.54, 1.807) is 0 Å². The minimum atomic E-state index is -4.12. The van der Waals surface area contributed by atoms with Crippen molar-refractivity contribution in [3.05, 3.63) is 29.8 Å². The summed E-state index contributed by atoms with van der Waals surface area (Å²) >= 11 is 0. The Labute approximate surface area is 146 Å². The van der Waals surface area contributed by atoms with Gasteiger partial charge < -0.3 is 11.1 Å². The van der Waals surface area contributed by atoms with E-state index in [-0.39, 0.29) is 24.9 Å². The molecule has 1 fully saturated rings. The van der Waals surface area contributed by atoms with E-state index in [4.69, 9.17) is 5.73 Å². The lowest BCUT2D eigenvalue weighted by Gasteiger charge is -2.30. The Morgan fingerprint density at radius 3 is 2.56 bits per heavy atom. The van der Waals surface area contributed by atoms with Crippen molar-refractivity contribution in [2.45, 2.75) is 30.6 Å². The maximum atomic E-state index is 13.8. The highest BCUT2D eigenvalue weighted by Crippen LogP contribution is 2.26. The van der Waals surface area contributed by atoms with Gasteiger partial charge in [0.1, 0.15) is 16.5 Å². The Morgan fingerprint density at radius 1 is 1.24 bits per heavy atom. The lowest BCUT2D eigenvalue weighted by molar-refractivity contribution is -0.126. The monoisotopic (exact) mass is 375 g/mol. The highest BCUT2D eigenvalue weighted by atomic mass is 32.2. The average Bonchev–Trinajstić information content (AvgIpc) is 2.60. The summed E-state index contributed by atoms with van der Waals surface area (Å²) in [5, 5.41) is 2.82. The first-order valence-electron chi connectivity index (χ1n) is 8.29. The van der Waals surface area contributed by atoms with Crippen LogP contribution in [0.25, 0.3) is 0 Å². The minimum Gasteiger partial charge on any atom is -0.356 e. The number of halogens is 2. The van der Waals surface area contributed by atoms with E-state index in [9.17, 15) is 22.0 Å². The molecule has 9 heteroatoms. The van der Waals surface area contributed by atoms with Crippen molar-refractivity contribution in [3.8, 4) is 0 Å². The van der Waals surface area contributed by atoms with Gasteiger partial charge in [-0.1, -0.05) is 0 Å². The number of piperidine rings is 1. The maximum absolute atomic E-state index is 13.8. The third-order valence-corrected chi connectivity index (χ3v) is 6.18. The molecule has 1 heterocycles. The van der Waals surface area contributed by atoms with Crippen LogP contribution < -0.4 is 11.1 Å². The van der Waals surface area contributed by atoms with Gasteiger partial charge in [0.25, 0.3) is 0 Å². The lowest BCUT2D eigenvalue weighted by atomic mass is 9.97. The summed E-state index contributed by atoms with van der Waals surface area (Å²) in [6.07, 6.45) is 2.32. The van der Waals surface area contributed by atoms with Gasteiger partial charge in [-0.2, -0.15) is 4.31 Å². The second-order valence-corrected chi connectivity index (χ2v) is 7.95. The summed E-state index contributed by atoms with van der Waals surface area (Å²) in [5.74, 6) is -2.18. The number of benzene rings is 1. The molecule has 1 saturated heterocycles. The number of sulfonamides is 1. The topological polar surface area (TPSA) is 92.5 Å². The maximum Gasteiger partial charge on any atom is 0.246 e. The minimum absolute atomic E-state index is 0.0964. The Morgan fingerprint density at radius 2 is 1.92 bits per heavy atom. The van der Waals surface area contributed by atoms with Gasteiger partial charge in [-0.05, 0) is 50.4 Å². The third-order valence-electron chi connectivity index (χ3n) is 4.27. The van der Waals surface area contributed by atoms with Gasteiger partial charge in [0.05, 0.1) is 0 Å². The molecule has 1 aliphatic heterocycles. The van der Waals surface area contributed by atoms with Crippen LogP contribution in [-0.2, 0) is 14.8 Å². The molecule has 0 spiro atoms. The summed E-state index contributed by atoms with van der Waals surface area (Å²) in [6.45, 7) is 1.31. The number of carbonyl (C=O) groups is 1. The standard InChI is InChI=1S/C16H23F2N3O3S/c17-13-3-4-14(18)15(11-13)25(23,24)21-9-5-12(6-10-21)16(22)20-8-2-1-7-19/h3-4,11-12H,1-2,5-10,19H2,(H,20,22). The van der Waals surface area contributed by atoms with Gasteiger partial charge in [-0.15, -0.1) is 0 Å². The molecule has 3 N–H and O–H groups in total. The molecule has 0 unspecified atom stereocenters. The number of rotatable bonds is 7. The smallest absolute Gasteiger partial charge is 0.246 e. The predicted octanol–water partition coefficient (Wildman–Crippen LogP) is 1.22. The van der Waals surface area contributed by atoms with Crippen molar-refractivity contribution in [3.63, 3.8) is 0 Å². The molecule has 0 saturated carbocycles. The SMILES string of the molecule is NCCCCNC(=O)C1CCN(S(=O)(=O)c2cc(F)ccc2F)CC1. The highest BCUT2D eigenvalue weighted by Gasteiger charge is 2.33. The van der Waals surface area contributed by atoms with Crippen LogP contribution in [0.15, 0.2) is 23.1 Å². The van der Waals surface area contributed by atoms with E-state index in [0.717, 1.165) is 29.3 Å². The van der Waals surface area contributed by atoms with E-state index in [1.807, 2.05) is 0 Å². The highest BCUT2D eigenvalue weighted by molar-refractivity contribution is 7.89. The summed E-state index contributed by atoms with van der Waals surface area (Å²) in [5.41, 5.74) is 5.39. The van der Waals surface area contributed by atoms with E-state index in [0.29, 0.717) is 32.0 Å². The van der Waals surface area contributed by atoms with Crippen LogP contribution in [0, 0.1) is 17.6 Å². The Hall–Kier alpha value is -1.58. The quantitative estimate of drug-likeness (QED) is 0.701. The second kappa shape index (κ2) is 8.68. The zero-order chi connectivity index (χ0) is 18.4. The molecule has 0 aromatic heterocycles. The van der Waals surface area contributed by atoms with Crippen molar-refractivity contribution >= 4 is 15.9 Å². The molecule has 140 valence electrons. The molecule has 1 aromatic rings. The fourth-order valence-corrected chi connectivity index (χ4v) is 4.34. The zero-order valence-electron chi connectivity index (χ0n) is 13.9. The van der Waals surface area contributed by atoms with Crippen LogP contribution >= 0.6 is 0 Å². The molecule has 1 aliphatic rings. The van der Waals surface area contributed by atoms with Gasteiger partial charge >= 0.3 is 0 Å². The number of amides is 1. The molecular formula is C16H23F2N3O3S. The number of unbranched alkanes of at least 4 members (excludes halogenated alkanes) is 1. The van der Waals surface area contributed by atoms with E-state index in [2.05, 4.69) is 5.32 Å². The summed E-state index contributed by atoms with van der Waals surface area (Å²) < 4.78 is 53.1. The Balaban J connectivity index is 1.95. The van der Waals surface area contributed by atoms with Crippen LogP contribution in [0.5, 0.6) is 0 Å². The van der Waals surface area contributed by atoms with Crippen LogP contribution in [-0.4, -0.2) is 44.8 Å². The molecule has 0 aliphatic carbocycles. The summed E-state index contributed by atoms with van der Waals surface area (Å²) in [4.78, 5) is 11.4. The largest absolute Gasteiger partial charge is 0.356 e. The number of nitrogens with zero attached hydrogens (tertiary/aromatic N) is 1. The second-order valence-electron chi connectivity index (χ2n) is 6.04. The summed E-state index contributed by atoms with van der Waals surface area (Å²) in [6, 6.07) is 2.35. The average molecular weight is 375 g/mol. The first kappa shape index (κ1) is 19.7. The van der Waals surface area contributed by atoms with Crippen molar-refractivity contribution in [1.29, 1.82) is 0 Å². The first-order valence-corrected chi connectivity index (χ1v) is 9.73. The molecule has 0 radical (unpaired) electrons. The van der Waals surface area contributed by atoms with E-state index in [1.165, 1.54) is 0 Å². The molecule has 6 nitrogen and oxygen atoms in total. The van der Waals surface area contributed by atoms with Crippen LogP contribution in [0.2, 0.25) is 0 Å². The molecule has 2 rings (SSSR count). The molecular weight excluding hydrogens is 352 g/mol. The molecule has 0 atom stereocenters. The Bertz CT molecular complexity index is 705. The number of nitrogens with one attached hydrogen (secondary N) is 1. The van der Waals surface area contributed by atoms with Gasteiger partial charge in [0, 0.05) is 25.6 Å². The fraction of sp³-hybridized carbons (Fsp3) is 0.562. The third kappa shape index (κ3) is 4.96. The zero-order valence-corrected chi connectivity index (χ0v) is 14.7. The Kier molecular flexibility index (Phi) is 6.86. The number of hydrogen-bond donors (Lipinski definition) is 2. The van der Waals surface area contributed by atoms with Gasteiger partial charge in [0.2, 0.25) is 15.9 Å². The number of carbonyl (C=O) groups excluding carboxylic acids is 1. The van der Waals surface area contributed by atoms with E-state index >= 15 is 0 Å². The molecule has 1 aromatic carbocycles. The first-order chi connectivity index (χ1) is 11.9. The van der Waals surface area contributed by atoms with Crippen molar-refractivity contribution in [2.75, 3.05) is 26.2 Å². The van der Waals surface area contributed by atoms with Crippen LogP contribution in [0.4, 0.5) is 8.78 Å². The van der Waals surface area contributed by atoms with Crippen molar-refractivity contribution in [1.82, 2.24) is 9.62 Å². The van der Waals surface area contributed by atoms with Crippen molar-refractivity contribution < 1.29 is 22.0 Å². The number of hydrogen-bond acceptors (Lipinski definition) is 4. The van der Waals surface area contributed by atoms with E-state index < -0.39 is 26.6 Å². The molecule has 25 heavy (non-hydrogen) atoms. The predicted molar refractivity (Wildman–Crippen MR) is 89.1 cm³/mol. The van der Waals surface area contributed by atoms with Crippen LogP contribution in [0.1, 0.15) is 25.7 Å². The normalized spacial score (nSPS) is 16.8. The summed E-state index contributed by atoms with van der Waals surface area (Å²) in [7, 11) is -4.12. The van der Waals surface area contributed by atoms with Gasteiger partial charge in [-0.3, -0.25) is 4.79 Å². The van der Waals surface area contributed by atoms with Gasteiger partial charge in [0.15, 0.2) is 0 Å². The molecule has 1 amide bonds. The van der Waals surface area contributed by atoms with Crippen molar-refractivity contribution in [2.24, 2.45) is 11.7 Å². The van der Waals surface area contributed by atoms with Gasteiger partial charge in [-0.25, -0.2) is 17.2 Å². The van der Waals surface area contributed by atoms with Crippen LogP contribution in [0.3, 0.4) is 0 Å². The lowest BCUT2D eigenvalue weighted by Crippen LogP contribution is -2.43. The fourth-order valence-electron chi connectivity index (χ4n) is 2.80. The number of nitrogens with two attached hydrogens (primary N) is 1. The molecule has 0 bridgehead atoms.